The van der Waals surface area contributed by atoms with Gasteiger partial charge in [0.1, 0.15) is 5.56 Å². The molecule has 0 aliphatic carbocycles. The van der Waals surface area contributed by atoms with Crippen LogP contribution in [0.25, 0.3) is 11.5 Å². The van der Waals surface area contributed by atoms with Crippen molar-refractivity contribution in [3.8, 4) is 11.5 Å². The molecular formula is C23H29N5O. The molecule has 1 N–H and O–H groups in total. The lowest BCUT2D eigenvalue weighted by Gasteiger charge is -2.33. The molecule has 4 rings (SSSR count). The molecule has 1 aliphatic heterocycles. The van der Waals surface area contributed by atoms with Crippen molar-refractivity contribution >= 4 is 5.91 Å². The average molecular weight is 392 g/mol. The summed E-state index contributed by atoms with van der Waals surface area (Å²) in [6.45, 7) is 6.98. The van der Waals surface area contributed by atoms with E-state index < -0.39 is 0 Å². The standard InChI is InChI=1S/C23H29N5O/c1-18-8-10-20(11-9-18)28-23(27-14-5-6-15-27)21(17-25-28)22(29)24-12-16-26-13-4-3-7-19(26)2/h5-6,8-11,14-15,17,19H,3-4,7,12-13,16H2,1-2H3,(H,24,29)/t19-/m0/s1. The predicted octanol–water partition coefficient (Wildman–Crippen LogP) is 3.58. The summed E-state index contributed by atoms with van der Waals surface area (Å²) < 4.78 is 3.76. The van der Waals surface area contributed by atoms with Crippen LogP contribution in [0.1, 0.15) is 42.1 Å². The van der Waals surface area contributed by atoms with Gasteiger partial charge in [-0.25, -0.2) is 4.68 Å². The van der Waals surface area contributed by atoms with Crippen LogP contribution in [0.4, 0.5) is 0 Å². The van der Waals surface area contributed by atoms with Crippen molar-refractivity contribution in [3.63, 3.8) is 0 Å². The SMILES string of the molecule is Cc1ccc(-n2ncc(C(=O)NCCN3CCCC[C@@H]3C)c2-n2cccc2)cc1. The third kappa shape index (κ3) is 4.27. The zero-order valence-corrected chi connectivity index (χ0v) is 17.2. The zero-order valence-electron chi connectivity index (χ0n) is 17.2. The minimum atomic E-state index is -0.0864. The molecule has 1 saturated heterocycles. The van der Waals surface area contributed by atoms with Crippen molar-refractivity contribution in [3.05, 3.63) is 66.1 Å². The van der Waals surface area contributed by atoms with Crippen LogP contribution < -0.4 is 5.32 Å². The van der Waals surface area contributed by atoms with E-state index >= 15 is 0 Å². The third-order valence-corrected chi connectivity index (χ3v) is 5.74. The number of likely N-dealkylation sites (tertiary alicyclic amines) is 1. The molecule has 3 aromatic rings. The van der Waals surface area contributed by atoms with Gasteiger partial charge < -0.3 is 9.88 Å². The number of rotatable bonds is 6. The molecule has 0 saturated carbocycles. The minimum absolute atomic E-state index is 0.0864. The third-order valence-electron chi connectivity index (χ3n) is 5.74. The highest BCUT2D eigenvalue weighted by Crippen LogP contribution is 2.20. The first kappa shape index (κ1) is 19.5. The molecule has 1 aromatic carbocycles. The van der Waals surface area contributed by atoms with Crippen molar-refractivity contribution in [2.75, 3.05) is 19.6 Å². The molecule has 29 heavy (non-hydrogen) atoms. The smallest absolute Gasteiger partial charge is 0.256 e. The molecule has 1 fully saturated rings. The Morgan fingerprint density at radius 3 is 2.66 bits per heavy atom. The van der Waals surface area contributed by atoms with Gasteiger partial charge in [0.05, 0.1) is 11.9 Å². The Kier molecular flexibility index (Phi) is 5.81. The van der Waals surface area contributed by atoms with Crippen LogP contribution >= 0.6 is 0 Å². The van der Waals surface area contributed by atoms with E-state index in [4.69, 9.17) is 0 Å². The van der Waals surface area contributed by atoms with Gasteiger partial charge in [0.15, 0.2) is 5.82 Å². The predicted molar refractivity (Wildman–Crippen MR) is 115 cm³/mol. The van der Waals surface area contributed by atoms with Crippen LogP contribution in [-0.2, 0) is 0 Å². The van der Waals surface area contributed by atoms with E-state index in [1.807, 2.05) is 45.9 Å². The maximum Gasteiger partial charge on any atom is 0.256 e. The first-order valence-corrected chi connectivity index (χ1v) is 10.4. The van der Waals surface area contributed by atoms with Gasteiger partial charge in [-0.15, -0.1) is 0 Å². The Labute approximate surface area is 172 Å². The average Bonchev–Trinajstić information content (AvgIpc) is 3.39. The van der Waals surface area contributed by atoms with E-state index in [0.29, 0.717) is 18.2 Å². The van der Waals surface area contributed by atoms with Crippen molar-refractivity contribution < 1.29 is 4.79 Å². The van der Waals surface area contributed by atoms with Crippen LogP contribution in [0.5, 0.6) is 0 Å². The Balaban J connectivity index is 1.53. The Morgan fingerprint density at radius 1 is 1.17 bits per heavy atom. The molecular weight excluding hydrogens is 362 g/mol. The largest absolute Gasteiger partial charge is 0.351 e. The van der Waals surface area contributed by atoms with Crippen molar-refractivity contribution in [1.82, 2.24) is 24.6 Å². The maximum absolute atomic E-state index is 13.0. The van der Waals surface area contributed by atoms with Crippen molar-refractivity contribution in [1.29, 1.82) is 0 Å². The Hall–Kier alpha value is -2.86. The lowest BCUT2D eigenvalue weighted by Crippen LogP contribution is -2.42. The van der Waals surface area contributed by atoms with Crippen LogP contribution in [0, 0.1) is 6.92 Å². The summed E-state index contributed by atoms with van der Waals surface area (Å²) in [7, 11) is 0. The number of aromatic nitrogens is 3. The highest BCUT2D eigenvalue weighted by molar-refractivity contribution is 5.97. The van der Waals surface area contributed by atoms with Crippen molar-refractivity contribution in [2.24, 2.45) is 0 Å². The lowest BCUT2D eigenvalue weighted by molar-refractivity contribution is 0.0938. The summed E-state index contributed by atoms with van der Waals surface area (Å²) in [5.74, 6) is 0.666. The molecule has 152 valence electrons. The van der Waals surface area contributed by atoms with Gasteiger partial charge in [-0.05, 0) is 57.5 Å². The highest BCUT2D eigenvalue weighted by atomic mass is 16.1. The fraction of sp³-hybridized carbons (Fsp3) is 0.391. The maximum atomic E-state index is 13.0. The molecule has 1 atom stereocenters. The molecule has 6 heteroatoms. The topological polar surface area (TPSA) is 55.1 Å². The highest BCUT2D eigenvalue weighted by Gasteiger charge is 2.21. The Morgan fingerprint density at radius 2 is 1.93 bits per heavy atom. The van der Waals surface area contributed by atoms with E-state index in [0.717, 1.165) is 24.6 Å². The second kappa shape index (κ2) is 8.66. The van der Waals surface area contributed by atoms with E-state index in [2.05, 4.69) is 41.3 Å². The molecule has 0 unspecified atom stereocenters. The summed E-state index contributed by atoms with van der Waals surface area (Å²) in [5.41, 5.74) is 2.70. The summed E-state index contributed by atoms with van der Waals surface area (Å²) in [6, 6.07) is 12.6. The quantitative estimate of drug-likeness (QED) is 0.699. The summed E-state index contributed by atoms with van der Waals surface area (Å²) >= 11 is 0. The molecule has 0 bridgehead atoms. The second-order valence-corrected chi connectivity index (χ2v) is 7.86. The van der Waals surface area contributed by atoms with E-state index in [-0.39, 0.29) is 5.91 Å². The van der Waals surface area contributed by atoms with Gasteiger partial charge in [-0.3, -0.25) is 9.69 Å². The summed E-state index contributed by atoms with van der Waals surface area (Å²) in [6.07, 6.45) is 9.34. The number of nitrogens with one attached hydrogen (secondary N) is 1. The van der Waals surface area contributed by atoms with Gasteiger partial charge >= 0.3 is 0 Å². The monoisotopic (exact) mass is 391 g/mol. The summed E-state index contributed by atoms with van der Waals surface area (Å²) in [4.78, 5) is 15.5. The number of amides is 1. The number of carbonyl (C=O) groups is 1. The molecule has 0 radical (unpaired) electrons. The number of benzene rings is 1. The first-order chi connectivity index (χ1) is 14.1. The molecule has 2 aromatic heterocycles. The number of hydrogen-bond acceptors (Lipinski definition) is 3. The number of piperidine rings is 1. The van der Waals surface area contributed by atoms with Crippen LogP contribution in [0.15, 0.2) is 55.0 Å². The Bertz CT molecular complexity index is 942. The van der Waals surface area contributed by atoms with E-state index in [9.17, 15) is 4.79 Å². The summed E-state index contributed by atoms with van der Waals surface area (Å²) in [5, 5.41) is 7.62. The van der Waals surface area contributed by atoms with Gasteiger partial charge in [0, 0.05) is 31.5 Å². The second-order valence-electron chi connectivity index (χ2n) is 7.86. The normalized spacial score (nSPS) is 17.4. The van der Waals surface area contributed by atoms with Gasteiger partial charge in [-0.2, -0.15) is 5.10 Å². The molecule has 3 heterocycles. The van der Waals surface area contributed by atoms with E-state index in [1.54, 1.807) is 6.20 Å². The molecule has 6 nitrogen and oxygen atoms in total. The number of aryl methyl sites for hydroxylation is 1. The minimum Gasteiger partial charge on any atom is -0.351 e. The van der Waals surface area contributed by atoms with Crippen LogP contribution in [0.2, 0.25) is 0 Å². The van der Waals surface area contributed by atoms with Gasteiger partial charge in [0.25, 0.3) is 5.91 Å². The fourth-order valence-electron chi connectivity index (χ4n) is 4.00. The first-order valence-electron chi connectivity index (χ1n) is 10.4. The number of nitrogens with zero attached hydrogens (tertiary/aromatic N) is 4. The number of hydrogen-bond donors (Lipinski definition) is 1. The molecule has 1 aliphatic rings. The number of carbonyl (C=O) groups excluding carboxylic acids is 1. The van der Waals surface area contributed by atoms with E-state index in [1.165, 1.54) is 24.8 Å². The van der Waals surface area contributed by atoms with Crippen molar-refractivity contribution in [2.45, 2.75) is 39.2 Å². The van der Waals surface area contributed by atoms with Gasteiger partial charge in [0.2, 0.25) is 0 Å². The van der Waals surface area contributed by atoms with Crippen LogP contribution in [0.3, 0.4) is 0 Å². The molecule has 1 amide bonds. The lowest BCUT2D eigenvalue weighted by atomic mass is 10.0. The van der Waals surface area contributed by atoms with Crippen LogP contribution in [-0.4, -0.2) is 50.8 Å². The molecule has 0 spiro atoms. The zero-order chi connectivity index (χ0) is 20.2. The fourth-order valence-corrected chi connectivity index (χ4v) is 4.00. The van der Waals surface area contributed by atoms with Gasteiger partial charge in [-0.1, -0.05) is 24.1 Å².